The van der Waals surface area contributed by atoms with Crippen molar-refractivity contribution in [2.45, 2.75) is 18.7 Å². The molecule has 0 aromatic heterocycles. The van der Waals surface area contributed by atoms with Crippen molar-refractivity contribution in [3.8, 4) is 0 Å². The average molecular weight is 320 g/mol. The van der Waals surface area contributed by atoms with Gasteiger partial charge in [0.25, 0.3) is 5.69 Å². The second-order valence-corrected chi connectivity index (χ2v) is 5.05. The summed E-state index contributed by atoms with van der Waals surface area (Å²) in [6, 6.07) is 10.9. The summed E-state index contributed by atoms with van der Waals surface area (Å²) in [7, 11) is 0. The van der Waals surface area contributed by atoms with Crippen molar-refractivity contribution in [3.63, 3.8) is 0 Å². The number of hydrogen-bond acceptors (Lipinski definition) is 5. The van der Waals surface area contributed by atoms with E-state index in [1.807, 2.05) is 0 Å². The highest BCUT2D eigenvalue weighted by molar-refractivity contribution is 5.34. The number of nitrogens with zero attached hydrogens (tertiary/aromatic N) is 1. The van der Waals surface area contributed by atoms with E-state index in [0.717, 1.165) is 0 Å². The van der Waals surface area contributed by atoms with Crippen molar-refractivity contribution in [2.24, 2.45) is 0 Å². The molecule has 0 aliphatic carbocycles. The molecule has 6 nitrogen and oxygen atoms in total. The molecule has 2 aromatic carbocycles. The van der Waals surface area contributed by atoms with Crippen molar-refractivity contribution >= 4 is 5.69 Å². The van der Waals surface area contributed by atoms with Gasteiger partial charge < -0.3 is 15.5 Å². The molecule has 0 spiro atoms. The lowest BCUT2D eigenvalue weighted by molar-refractivity contribution is -0.384. The molecule has 2 unspecified atom stereocenters. The quantitative estimate of drug-likeness (QED) is 0.535. The van der Waals surface area contributed by atoms with E-state index in [1.165, 1.54) is 30.3 Å². The molecule has 3 N–H and O–H groups in total. The Morgan fingerprint density at radius 2 is 1.83 bits per heavy atom. The summed E-state index contributed by atoms with van der Waals surface area (Å²) in [5.74, 6) is -0.374. The fraction of sp³-hybridized carbons (Fsp3) is 0.250. The third-order valence-electron chi connectivity index (χ3n) is 3.54. The number of aliphatic hydroxyl groups excluding tert-OH is 2. The molecule has 2 atom stereocenters. The van der Waals surface area contributed by atoms with Gasteiger partial charge in [-0.1, -0.05) is 18.2 Å². The number of halogens is 1. The molecule has 0 radical (unpaired) electrons. The van der Waals surface area contributed by atoms with Crippen molar-refractivity contribution in [1.82, 2.24) is 5.32 Å². The number of hydrogen-bond donors (Lipinski definition) is 3. The standard InChI is InChI=1S/C16H17FN2O4/c17-14-4-2-1-3-12(14)9-18-15(10-20)16(21)11-5-7-13(8-6-11)19(22)23/h1-8,15-16,18,20-21H,9-10H2. The van der Waals surface area contributed by atoms with E-state index in [-0.39, 0.29) is 24.7 Å². The Morgan fingerprint density at radius 1 is 1.17 bits per heavy atom. The third kappa shape index (κ3) is 4.32. The first-order chi connectivity index (χ1) is 11.0. The molecule has 0 saturated heterocycles. The van der Waals surface area contributed by atoms with Crippen LogP contribution in [-0.2, 0) is 6.54 Å². The molecule has 0 aliphatic heterocycles. The van der Waals surface area contributed by atoms with Crippen molar-refractivity contribution in [1.29, 1.82) is 0 Å². The van der Waals surface area contributed by atoms with Gasteiger partial charge in [-0.15, -0.1) is 0 Å². The molecule has 23 heavy (non-hydrogen) atoms. The first-order valence-corrected chi connectivity index (χ1v) is 7.03. The van der Waals surface area contributed by atoms with Gasteiger partial charge in [0.2, 0.25) is 0 Å². The molecule has 0 aliphatic rings. The van der Waals surface area contributed by atoms with Gasteiger partial charge in [-0.3, -0.25) is 10.1 Å². The maximum atomic E-state index is 13.6. The van der Waals surface area contributed by atoms with Gasteiger partial charge in [0, 0.05) is 24.2 Å². The Kier molecular flexibility index (Phi) is 5.75. The van der Waals surface area contributed by atoms with Gasteiger partial charge in [0.1, 0.15) is 5.82 Å². The fourth-order valence-electron chi connectivity index (χ4n) is 2.18. The topological polar surface area (TPSA) is 95.6 Å². The molecule has 7 heteroatoms. The van der Waals surface area contributed by atoms with E-state index in [0.29, 0.717) is 11.1 Å². The van der Waals surface area contributed by atoms with Gasteiger partial charge in [-0.2, -0.15) is 0 Å². The predicted molar refractivity (Wildman–Crippen MR) is 82.2 cm³/mol. The van der Waals surface area contributed by atoms with E-state index in [9.17, 15) is 24.7 Å². The average Bonchev–Trinajstić information content (AvgIpc) is 2.56. The molecule has 2 rings (SSSR count). The zero-order valence-corrected chi connectivity index (χ0v) is 12.2. The highest BCUT2D eigenvalue weighted by atomic mass is 19.1. The smallest absolute Gasteiger partial charge is 0.269 e. The predicted octanol–water partition coefficient (Wildman–Crippen LogP) is 1.92. The SMILES string of the molecule is O=[N+]([O-])c1ccc(C(O)C(CO)NCc2ccccc2F)cc1. The lowest BCUT2D eigenvalue weighted by Gasteiger charge is -2.22. The largest absolute Gasteiger partial charge is 0.395 e. The summed E-state index contributed by atoms with van der Waals surface area (Å²) in [6.45, 7) is -0.228. The zero-order chi connectivity index (χ0) is 16.8. The van der Waals surface area contributed by atoms with Crippen LogP contribution < -0.4 is 5.32 Å². The summed E-state index contributed by atoms with van der Waals surface area (Å²) >= 11 is 0. The van der Waals surface area contributed by atoms with Crippen LogP contribution in [0.25, 0.3) is 0 Å². The second kappa shape index (κ2) is 7.77. The molecule has 0 heterocycles. The second-order valence-electron chi connectivity index (χ2n) is 5.05. The monoisotopic (exact) mass is 320 g/mol. The summed E-state index contributed by atoms with van der Waals surface area (Å²) in [5.41, 5.74) is 0.762. The molecular formula is C16H17FN2O4. The number of non-ortho nitro benzene ring substituents is 1. The molecule has 2 aromatic rings. The molecule has 0 amide bonds. The number of nitro groups is 1. The zero-order valence-electron chi connectivity index (χ0n) is 12.2. The lowest BCUT2D eigenvalue weighted by atomic mass is 10.0. The maximum Gasteiger partial charge on any atom is 0.269 e. The Labute approximate surface area is 132 Å². The summed E-state index contributed by atoms with van der Waals surface area (Å²) < 4.78 is 13.6. The van der Waals surface area contributed by atoms with E-state index in [2.05, 4.69) is 5.32 Å². The minimum absolute atomic E-state index is 0.0826. The van der Waals surface area contributed by atoms with Crippen LogP contribution in [-0.4, -0.2) is 27.8 Å². The lowest BCUT2D eigenvalue weighted by Crippen LogP contribution is -2.37. The Bertz CT molecular complexity index is 663. The summed E-state index contributed by atoms with van der Waals surface area (Å²) in [5, 5.41) is 33.2. The summed E-state index contributed by atoms with van der Waals surface area (Å²) in [6.07, 6.45) is -1.08. The van der Waals surface area contributed by atoms with Crippen molar-refractivity contribution in [3.05, 3.63) is 75.6 Å². The Morgan fingerprint density at radius 3 is 2.39 bits per heavy atom. The van der Waals surface area contributed by atoms with E-state index >= 15 is 0 Å². The Hall–Kier alpha value is -2.35. The van der Waals surface area contributed by atoms with E-state index in [1.54, 1.807) is 18.2 Å². The molecule has 122 valence electrons. The molecule has 0 fully saturated rings. The number of benzene rings is 2. The van der Waals surface area contributed by atoms with Crippen LogP contribution in [0, 0.1) is 15.9 Å². The number of nitro benzene ring substituents is 1. The first kappa shape index (κ1) is 17.0. The van der Waals surface area contributed by atoms with Gasteiger partial charge in [-0.05, 0) is 23.8 Å². The van der Waals surface area contributed by atoms with Crippen LogP contribution in [0.3, 0.4) is 0 Å². The van der Waals surface area contributed by atoms with Crippen LogP contribution in [0.1, 0.15) is 17.2 Å². The van der Waals surface area contributed by atoms with Crippen molar-refractivity contribution < 1.29 is 19.5 Å². The molecule has 0 bridgehead atoms. The molecular weight excluding hydrogens is 303 g/mol. The normalized spacial score (nSPS) is 13.5. The van der Waals surface area contributed by atoms with Crippen LogP contribution in [0.2, 0.25) is 0 Å². The fourth-order valence-corrected chi connectivity index (χ4v) is 2.18. The van der Waals surface area contributed by atoms with E-state index in [4.69, 9.17) is 0 Å². The van der Waals surface area contributed by atoms with Gasteiger partial charge in [0.15, 0.2) is 0 Å². The number of rotatable bonds is 7. The van der Waals surface area contributed by atoms with Gasteiger partial charge >= 0.3 is 0 Å². The first-order valence-electron chi connectivity index (χ1n) is 7.03. The minimum Gasteiger partial charge on any atom is -0.395 e. The number of aliphatic hydroxyl groups is 2. The van der Waals surface area contributed by atoms with Crippen LogP contribution in [0.5, 0.6) is 0 Å². The summed E-state index contributed by atoms with van der Waals surface area (Å²) in [4.78, 5) is 10.1. The van der Waals surface area contributed by atoms with Gasteiger partial charge in [-0.25, -0.2) is 4.39 Å². The maximum absolute atomic E-state index is 13.6. The van der Waals surface area contributed by atoms with Crippen LogP contribution >= 0.6 is 0 Å². The van der Waals surface area contributed by atoms with E-state index < -0.39 is 17.1 Å². The van der Waals surface area contributed by atoms with Gasteiger partial charge in [0.05, 0.1) is 23.7 Å². The van der Waals surface area contributed by atoms with Crippen LogP contribution in [0.15, 0.2) is 48.5 Å². The number of nitrogens with one attached hydrogen (secondary N) is 1. The highest BCUT2D eigenvalue weighted by Crippen LogP contribution is 2.20. The minimum atomic E-state index is -1.08. The van der Waals surface area contributed by atoms with Crippen molar-refractivity contribution in [2.75, 3.05) is 6.61 Å². The van der Waals surface area contributed by atoms with Crippen LogP contribution in [0.4, 0.5) is 10.1 Å². The third-order valence-corrected chi connectivity index (χ3v) is 3.54. The highest BCUT2D eigenvalue weighted by Gasteiger charge is 2.21. The Balaban J connectivity index is 2.04. The molecule has 0 saturated carbocycles.